The van der Waals surface area contributed by atoms with Crippen molar-refractivity contribution in [1.82, 2.24) is 4.90 Å². The van der Waals surface area contributed by atoms with E-state index < -0.39 is 0 Å². The number of fused-ring (bicyclic) bond motifs is 1. The van der Waals surface area contributed by atoms with Crippen molar-refractivity contribution in [2.24, 2.45) is 5.92 Å². The third-order valence-corrected chi connectivity index (χ3v) is 3.76. The minimum atomic E-state index is 0.0445. The van der Waals surface area contributed by atoms with E-state index in [2.05, 4.69) is 18.2 Å². The summed E-state index contributed by atoms with van der Waals surface area (Å²) >= 11 is 0. The number of rotatable bonds is 4. The molecule has 1 unspecified atom stereocenters. The van der Waals surface area contributed by atoms with Crippen LogP contribution in [-0.4, -0.2) is 35.6 Å². The highest BCUT2D eigenvalue weighted by Gasteiger charge is 2.27. The minimum absolute atomic E-state index is 0.0445. The van der Waals surface area contributed by atoms with Crippen molar-refractivity contribution in [2.45, 2.75) is 26.2 Å². The molecule has 1 amide bonds. The molecule has 0 saturated heterocycles. The van der Waals surface area contributed by atoms with Crippen molar-refractivity contribution in [2.75, 3.05) is 19.7 Å². The Morgan fingerprint density at radius 1 is 1.39 bits per heavy atom. The second kappa shape index (κ2) is 6.01. The topological polar surface area (TPSA) is 40.5 Å². The van der Waals surface area contributed by atoms with E-state index in [1.807, 2.05) is 13.0 Å². The molecule has 1 atom stereocenters. The van der Waals surface area contributed by atoms with Crippen molar-refractivity contribution in [1.29, 1.82) is 0 Å². The maximum Gasteiger partial charge on any atom is 0.226 e. The predicted octanol–water partition coefficient (Wildman–Crippen LogP) is 1.63. The van der Waals surface area contributed by atoms with Gasteiger partial charge in [-0.05, 0) is 37.3 Å². The van der Waals surface area contributed by atoms with Crippen molar-refractivity contribution in [3.8, 4) is 0 Å². The number of aliphatic hydroxyl groups excluding tert-OH is 1. The van der Waals surface area contributed by atoms with Crippen LogP contribution in [0.1, 0.15) is 24.5 Å². The fourth-order valence-corrected chi connectivity index (χ4v) is 2.71. The van der Waals surface area contributed by atoms with Gasteiger partial charge in [0.1, 0.15) is 0 Å². The van der Waals surface area contributed by atoms with Crippen LogP contribution in [0.2, 0.25) is 0 Å². The van der Waals surface area contributed by atoms with E-state index in [1.165, 1.54) is 11.1 Å². The molecule has 1 aromatic carbocycles. The van der Waals surface area contributed by atoms with Gasteiger partial charge >= 0.3 is 0 Å². The van der Waals surface area contributed by atoms with Gasteiger partial charge in [0.2, 0.25) is 5.91 Å². The van der Waals surface area contributed by atoms with Gasteiger partial charge in [0, 0.05) is 19.0 Å². The first kappa shape index (κ1) is 13.1. The van der Waals surface area contributed by atoms with Gasteiger partial charge in [-0.15, -0.1) is 0 Å². The van der Waals surface area contributed by atoms with Crippen LogP contribution in [0, 0.1) is 5.92 Å². The molecule has 0 saturated carbocycles. The molecule has 2 rings (SSSR count). The van der Waals surface area contributed by atoms with Gasteiger partial charge in [-0.2, -0.15) is 0 Å². The van der Waals surface area contributed by atoms with Gasteiger partial charge < -0.3 is 10.0 Å². The number of hydrogen-bond acceptors (Lipinski definition) is 2. The predicted molar refractivity (Wildman–Crippen MR) is 71.3 cm³/mol. The third kappa shape index (κ3) is 2.72. The molecule has 0 aliphatic heterocycles. The monoisotopic (exact) mass is 247 g/mol. The van der Waals surface area contributed by atoms with Gasteiger partial charge in [0.05, 0.1) is 6.61 Å². The Labute approximate surface area is 108 Å². The number of carbonyl (C=O) groups is 1. The molecule has 0 aromatic heterocycles. The normalized spacial score (nSPS) is 18.2. The summed E-state index contributed by atoms with van der Waals surface area (Å²) in [5, 5.41) is 8.98. The van der Waals surface area contributed by atoms with E-state index in [4.69, 9.17) is 5.11 Å². The van der Waals surface area contributed by atoms with Gasteiger partial charge in [-0.25, -0.2) is 0 Å². The van der Waals surface area contributed by atoms with Gasteiger partial charge in [0.15, 0.2) is 0 Å². The Morgan fingerprint density at radius 3 is 2.78 bits per heavy atom. The van der Waals surface area contributed by atoms with Crippen LogP contribution in [0.5, 0.6) is 0 Å². The van der Waals surface area contributed by atoms with Crippen molar-refractivity contribution in [3.63, 3.8) is 0 Å². The lowest BCUT2D eigenvalue weighted by Gasteiger charge is -2.29. The average Bonchev–Trinajstić information content (AvgIpc) is 2.43. The molecule has 1 aromatic rings. The summed E-state index contributed by atoms with van der Waals surface area (Å²) in [6.07, 6.45) is 2.76. The molecule has 3 nitrogen and oxygen atoms in total. The zero-order chi connectivity index (χ0) is 13.0. The largest absolute Gasteiger partial charge is 0.395 e. The van der Waals surface area contributed by atoms with Crippen LogP contribution < -0.4 is 0 Å². The van der Waals surface area contributed by atoms with E-state index >= 15 is 0 Å². The van der Waals surface area contributed by atoms with Gasteiger partial charge in [-0.3, -0.25) is 4.79 Å². The summed E-state index contributed by atoms with van der Waals surface area (Å²) in [5.41, 5.74) is 2.69. The van der Waals surface area contributed by atoms with Gasteiger partial charge in [-0.1, -0.05) is 24.3 Å². The molecule has 0 bridgehead atoms. The summed E-state index contributed by atoms with van der Waals surface area (Å²) in [5.74, 6) is 0.285. The van der Waals surface area contributed by atoms with E-state index in [0.29, 0.717) is 13.1 Å². The first-order chi connectivity index (χ1) is 8.76. The second-order valence-corrected chi connectivity index (χ2v) is 4.85. The zero-order valence-electron chi connectivity index (χ0n) is 10.9. The molecule has 18 heavy (non-hydrogen) atoms. The minimum Gasteiger partial charge on any atom is -0.395 e. The van der Waals surface area contributed by atoms with Gasteiger partial charge in [0.25, 0.3) is 0 Å². The fraction of sp³-hybridized carbons (Fsp3) is 0.533. The Bertz CT molecular complexity index is 417. The average molecular weight is 247 g/mol. The SMILES string of the molecule is CCN(CCO)C(=O)C1CCc2ccccc2C1. The van der Waals surface area contributed by atoms with Crippen molar-refractivity contribution in [3.05, 3.63) is 35.4 Å². The highest BCUT2D eigenvalue weighted by Crippen LogP contribution is 2.26. The highest BCUT2D eigenvalue weighted by molar-refractivity contribution is 5.79. The van der Waals surface area contributed by atoms with Crippen LogP contribution in [0.15, 0.2) is 24.3 Å². The van der Waals surface area contributed by atoms with Crippen LogP contribution in [0.25, 0.3) is 0 Å². The number of amides is 1. The maximum absolute atomic E-state index is 12.3. The Hall–Kier alpha value is -1.35. The first-order valence-electron chi connectivity index (χ1n) is 6.72. The van der Waals surface area contributed by atoms with Crippen LogP contribution in [0.3, 0.4) is 0 Å². The smallest absolute Gasteiger partial charge is 0.226 e. The van der Waals surface area contributed by atoms with E-state index in [0.717, 1.165) is 19.3 Å². The maximum atomic E-state index is 12.3. The van der Waals surface area contributed by atoms with E-state index in [1.54, 1.807) is 4.90 Å². The third-order valence-electron chi connectivity index (χ3n) is 3.76. The molecular formula is C15H21NO2. The number of likely N-dealkylation sites (N-methyl/N-ethyl adjacent to an activating group) is 1. The molecule has 0 spiro atoms. The first-order valence-corrected chi connectivity index (χ1v) is 6.72. The number of aryl methyl sites for hydroxylation is 1. The molecular weight excluding hydrogens is 226 g/mol. The molecule has 1 aliphatic rings. The lowest BCUT2D eigenvalue weighted by molar-refractivity contribution is -0.136. The van der Waals surface area contributed by atoms with Crippen molar-refractivity contribution < 1.29 is 9.90 Å². The summed E-state index contributed by atoms with van der Waals surface area (Å²) in [7, 11) is 0. The molecule has 3 heteroatoms. The molecule has 98 valence electrons. The summed E-state index contributed by atoms with van der Waals surface area (Å²) in [6.45, 7) is 3.14. The fourth-order valence-electron chi connectivity index (χ4n) is 2.71. The van der Waals surface area contributed by atoms with E-state index in [-0.39, 0.29) is 18.4 Å². The lowest BCUT2D eigenvalue weighted by atomic mass is 9.83. The lowest BCUT2D eigenvalue weighted by Crippen LogP contribution is -2.39. The molecule has 0 radical (unpaired) electrons. The zero-order valence-corrected chi connectivity index (χ0v) is 10.9. The summed E-state index contributed by atoms with van der Waals surface area (Å²) < 4.78 is 0. The number of carbonyl (C=O) groups excluding carboxylic acids is 1. The number of hydrogen-bond donors (Lipinski definition) is 1. The number of nitrogens with zero attached hydrogens (tertiary/aromatic N) is 1. The molecule has 1 N–H and O–H groups in total. The molecule has 0 fully saturated rings. The summed E-state index contributed by atoms with van der Waals surface area (Å²) in [6, 6.07) is 8.38. The van der Waals surface area contributed by atoms with Crippen LogP contribution >= 0.6 is 0 Å². The standard InChI is InChI=1S/C15H21NO2/c1-2-16(9-10-17)15(18)14-8-7-12-5-3-4-6-13(12)11-14/h3-6,14,17H,2,7-11H2,1H3. The van der Waals surface area contributed by atoms with E-state index in [9.17, 15) is 4.79 Å². The Balaban J connectivity index is 2.06. The number of benzene rings is 1. The molecule has 0 heterocycles. The second-order valence-electron chi connectivity index (χ2n) is 4.85. The Kier molecular flexibility index (Phi) is 4.37. The number of aliphatic hydroxyl groups is 1. The quantitative estimate of drug-likeness (QED) is 0.878. The highest BCUT2D eigenvalue weighted by atomic mass is 16.3. The molecule has 1 aliphatic carbocycles. The Morgan fingerprint density at radius 2 is 2.11 bits per heavy atom. The van der Waals surface area contributed by atoms with Crippen LogP contribution in [-0.2, 0) is 17.6 Å². The summed E-state index contributed by atoms with van der Waals surface area (Å²) in [4.78, 5) is 14.1. The van der Waals surface area contributed by atoms with Crippen LogP contribution in [0.4, 0.5) is 0 Å². The van der Waals surface area contributed by atoms with Crippen molar-refractivity contribution >= 4 is 5.91 Å².